The summed E-state index contributed by atoms with van der Waals surface area (Å²) < 4.78 is 0. The van der Waals surface area contributed by atoms with Gasteiger partial charge in [0.15, 0.2) is 0 Å². The van der Waals surface area contributed by atoms with E-state index < -0.39 is 10.9 Å². The lowest BCUT2D eigenvalue weighted by atomic mass is 10.0. The standard InChI is InChI=1S/C14H18N2O4/c1-8-4-3-5-11(8)15-12-6-10(14(17)18)7-13(9(12)2)16(19)20/h6-8,11,15H,3-5H2,1-2H3,(H,17,18). The highest BCUT2D eigenvalue weighted by Crippen LogP contribution is 2.32. The van der Waals surface area contributed by atoms with Crippen molar-refractivity contribution in [3.63, 3.8) is 0 Å². The normalized spacial score (nSPS) is 21.7. The Balaban J connectivity index is 2.40. The number of rotatable bonds is 4. The van der Waals surface area contributed by atoms with Gasteiger partial charge < -0.3 is 10.4 Å². The fourth-order valence-electron chi connectivity index (χ4n) is 2.72. The second-order valence-corrected chi connectivity index (χ2v) is 5.39. The van der Waals surface area contributed by atoms with Crippen LogP contribution in [0.15, 0.2) is 12.1 Å². The highest BCUT2D eigenvalue weighted by Gasteiger charge is 2.26. The van der Waals surface area contributed by atoms with Crippen LogP contribution in [-0.2, 0) is 0 Å². The van der Waals surface area contributed by atoms with Crippen molar-refractivity contribution < 1.29 is 14.8 Å². The average molecular weight is 278 g/mol. The maximum absolute atomic E-state index is 11.1. The van der Waals surface area contributed by atoms with Crippen molar-refractivity contribution >= 4 is 17.3 Å². The molecule has 1 aromatic carbocycles. The third-order valence-electron chi connectivity index (χ3n) is 4.03. The highest BCUT2D eigenvalue weighted by molar-refractivity contribution is 5.90. The third-order valence-corrected chi connectivity index (χ3v) is 4.03. The van der Waals surface area contributed by atoms with Gasteiger partial charge in [-0.3, -0.25) is 10.1 Å². The molecule has 6 nitrogen and oxygen atoms in total. The monoisotopic (exact) mass is 278 g/mol. The van der Waals surface area contributed by atoms with Gasteiger partial charge >= 0.3 is 5.97 Å². The largest absolute Gasteiger partial charge is 0.478 e. The van der Waals surface area contributed by atoms with Gasteiger partial charge in [-0.1, -0.05) is 13.3 Å². The molecule has 1 fully saturated rings. The number of nitro groups is 1. The number of anilines is 1. The molecule has 6 heteroatoms. The molecule has 1 aliphatic carbocycles. The number of carboxylic acids is 1. The van der Waals surface area contributed by atoms with E-state index in [-0.39, 0.29) is 17.3 Å². The van der Waals surface area contributed by atoms with Crippen molar-refractivity contribution in [3.8, 4) is 0 Å². The van der Waals surface area contributed by atoms with E-state index in [9.17, 15) is 14.9 Å². The molecule has 1 saturated carbocycles. The van der Waals surface area contributed by atoms with Gasteiger partial charge in [0, 0.05) is 23.4 Å². The minimum atomic E-state index is -1.16. The first-order chi connectivity index (χ1) is 9.40. The first-order valence-electron chi connectivity index (χ1n) is 6.69. The van der Waals surface area contributed by atoms with E-state index in [4.69, 9.17) is 5.11 Å². The smallest absolute Gasteiger partial charge is 0.336 e. The Kier molecular flexibility index (Phi) is 3.92. The molecule has 2 rings (SSSR count). The van der Waals surface area contributed by atoms with E-state index in [2.05, 4.69) is 12.2 Å². The van der Waals surface area contributed by atoms with E-state index in [1.807, 2.05) is 0 Å². The van der Waals surface area contributed by atoms with Gasteiger partial charge in [0.25, 0.3) is 5.69 Å². The Hall–Kier alpha value is -2.11. The molecule has 0 aliphatic heterocycles. The SMILES string of the molecule is Cc1c(NC2CCCC2C)cc(C(=O)O)cc1[N+](=O)[O-]. The Labute approximate surface area is 117 Å². The molecule has 0 bridgehead atoms. The van der Waals surface area contributed by atoms with Gasteiger partial charge in [0.05, 0.1) is 10.5 Å². The Morgan fingerprint density at radius 3 is 2.65 bits per heavy atom. The zero-order chi connectivity index (χ0) is 14.9. The summed E-state index contributed by atoms with van der Waals surface area (Å²) in [5, 5.41) is 23.4. The van der Waals surface area contributed by atoms with Crippen LogP contribution in [-0.4, -0.2) is 22.0 Å². The summed E-state index contributed by atoms with van der Waals surface area (Å²) in [6, 6.07) is 2.84. The molecule has 2 N–H and O–H groups in total. The minimum Gasteiger partial charge on any atom is -0.478 e. The molecular weight excluding hydrogens is 260 g/mol. The molecule has 0 radical (unpaired) electrons. The predicted molar refractivity (Wildman–Crippen MR) is 75.2 cm³/mol. The minimum absolute atomic E-state index is 0.0598. The van der Waals surface area contributed by atoms with E-state index >= 15 is 0 Å². The number of nitrogens with one attached hydrogen (secondary N) is 1. The molecule has 2 unspecified atom stereocenters. The van der Waals surface area contributed by atoms with Crippen LogP contribution in [0.5, 0.6) is 0 Å². The number of aromatic carboxylic acids is 1. The van der Waals surface area contributed by atoms with Crippen LogP contribution in [0.4, 0.5) is 11.4 Å². The lowest BCUT2D eigenvalue weighted by Gasteiger charge is -2.20. The van der Waals surface area contributed by atoms with Crippen molar-refractivity contribution in [2.75, 3.05) is 5.32 Å². The second kappa shape index (κ2) is 5.48. The van der Waals surface area contributed by atoms with Crippen LogP contribution in [0.25, 0.3) is 0 Å². The topological polar surface area (TPSA) is 92.5 Å². The zero-order valence-electron chi connectivity index (χ0n) is 11.5. The van der Waals surface area contributed by atoms with Crippen LogP contribution >= 0.6 is 0 Å². The number of nitrogens with zero attached hydrogens (tertiary/aromatic N) is 1. The Morgan fingerprint density at radius 1 is 1.45 bits per heavy atom. The molecule has 0 amide bonds. The summed E-state index contributed by atoms with van der Waals surface area (Å²) in [7, 11) is 0. The number of benzene rings is 1. The lowest BCUT2D eigenvalue weighted by Crippen LogP contribution is -2.22. The molecule has 0 aromatic heterocycles. The van der Waals surface area contributed by atoms with Crippen molar-refractivity contribution in [2.45, 2.75) is 39.2 Å². The van der Waals surface area contributed by atoms with Gasteiger partial charge in [-0.2, -0.15) is 0 Å². The second-order valence-electron chi connectivity index (χ2n) is 5.39. The molecule has 1 aliphatic rings. The maximum atomic E-state index is 11.1. The quantitative estimate of drug-likeness (QED) is 0.651. The van der Waals surface area contributed by atoms with Gasteiger partial charge in [-0.25, -0.2) is 4.79 Å². The summed E-state index contributed by atoms with van der Waals surface area (Å²) in [6.07, 6.45) is 3.25. The van der Waals surface area contributed by atoms with Crippen molar-refractivity contribution in [1.29, 1.82) is 0 Å². The molecule has 0 heterocycles. The van der Waals surface area contributed by atoms with Gasteiger partial charge in [0.2, 0.25) is 0 Å². The predicted octanol–water partition coefficient (Wildman–Crippen LogP) is 3.20. The molecule has 20 heavy (non-hydrogen) atoms. The fraction of sp³-hybridized carbons (Fsp3) is 0.500. The van der Waals surface area contributed by atoms with Gasteiger partial charge in [-0.15, -0.1) is 0 Å². The van der Waals surface area contributed by atoms with Crippen LogP contribution in [0.1, 0.15) is 42.1 Å². The third kappa shape index (κ3) is 2.74. The fourth-order valence-corrected chi connectivity index (χ4v) is 2.72. The Bertz CT molecular complexity index is 556. The van der Waals surface area contributed by atoms with Crippen molar-refractivity contribution in [2.24, 2.45) is 5.92 Å². The van der Waals surface area contributed by atoms with E-state index in [0.29, 0.717) is 17.2 Å². The first-order valence-corrected chi connectivity index (χ1v) is 6.69. The molecular formula is C14H18N2O4. The number of hydrogen-bond donors (Lipinski definition) is 2. The lowest BCUT2D eigenvalue weighted by molar-refractivity contribution is -0.385. The summed E-state index contributed by atoms with van der Waals surface area (Å²) >= 11 is 0. The van der Waals surface area contributed by atoms with Crippen LogP contribution in [0, 0.1) is 23.0 Å². The summed E-state index contributed by atoms with van der Waals surface area (Å²) in [5.74, 6) is -0.669. The van der Waals surface area contributed by atoms with Crippen LogP contribution in [0.3, 0.4) is 0 Å². The van der Waals surface area contributed by atoms with Crippen molar-refractivity contribution in [1.82, 2.24) is 0 Å². The van der Waals surface area contributed by atoms with Crippen molar-refractivity contribution in [3.05, 3.63) is 33.4 Å². The van der Waals surface area contributed by atoms with Gasteiger partial charge in [0.1, 0.15) is 0 Å². The molecule has 108 valence electrons. The highest BCUT2D eigenvalue weighted by atomic mass is 16.6. The summed E-state index contributed by atoms with van der Waals surface area (Å²) in [6.45, 7) is 3.78. The van der Waals surface area contributed by atoms with Crippen LogP contribution < -0.4 is 5.32 Å². The average Bonchev–Trinajstić information content (AvgIpc) is 2.76. The molecule has 1 aromatic rings. The van der Waals surface area contributed by atoms with E-state index in [1.165, 1.54) is 6.07 Å². The molecule has 0 saturated heterocycles. The molecule has 2 atom stereocenters. The number of nitro benzene ring substituents is 1. The Morgan fingerprint density at radius 2 is 2.15 bits per heavy atom. The summed E-state index contributed by atoms with van der Waals surface area (Å²) in [4.78, 5) is 21.6. The number of carbonyl (C=O) groups is 1. The zero-order valence-corrected chi connectivity index (χ0v) is 11.5. The number of hydrogen-bond acceptors (Lipinski definition) is 4. The molecule has 0 spiro atoms. The van der Waals surface area contributed by atoms with Crippen LogP contribution in [0.2, 0.25) is 0 Å². The van der Waals surface area contributed by atoms with E-state index in [0.717, 1.165) is 25.3 Å². The maximum Gasteiger partial charge on any atom is 0.336 e. The van der Waals surface area contributed by atoms with E-state index in [1.54, 1.807) is 6.92 Å². The van der Waals surface area contributed by atoms with Gasteiger partial charge in [-0.05, 0) is 31.7 Å². The first kappa shape index (κ1) is 14.3. The summed E-state index contributed by atoms with van der Waals surface area (Å²) in [5.41, 5.74) is 0.822. The number of carboxylic acid groups (broad SMARTS) is 1.